The van der Waals surface area contributed by atoms with Gasteiger partial charge in [0, 0.05) is 22.8 Å². The topological polar surface area (TPSA) is 32.3 Å². The zero-order valence-electron chi connectivity index (χ0n) is 10.8. The van der Waals surface area contributed by atoms with Crippen molar-refractivity contribution in [2.75, 3.05) is 11.9 Å². The van der Waals surface area contributed by atoms with Gasteiger partial charge in [0.25, 0.3) is 0 Å². The van der Waals surface area contributed by atoms with Gasteiger partial charge in [-0.3, -0.25) is 0 Å². The first-order valence-corrected chi connectivity index (χ1v) is 6.79. The number of aliphatic hydroxyl groups is 1. The van der Waals surface area contributed by atoms with E-state index in [0.717, 1.165) is 12.1 Å². The van der Waals surface area contributed by atoms with Crippen molar-refractivity contribution in [2.45, 2.75) is 32.5 Å². The lowest BCUT2D eigenvalue weighted by molar-refractivity contribution is -0.137. The molecule has 0 aromatic heterocycles. The van der Waals surface area contributed by atoms with Crippen molar-refractivity contribution >= 4 is 21.6 Å². The average Bonchev–Trinajstić information content (AvgIpc) is 2.29. The van der Waals surface area contributed by atoms with Crippen molar-refractivity contribution in [2.24, 2.45) is 5.92 Å². The summed E-state index contributed by atoms with van der Waals surface area (Å²) in [5, 5.41) is 12.1. The SMILES string of the molecule is CC(C)C(CCO)Nc1ccc(C(F)(F)F)cc1Br. The van der Waals surface area contributed by atoms with E-state index in [1.165, 1.54) is 6.07 Å². The summed E-state index contributed by atoms with van der Waals surface area (Å²) in [4.78, 5) is 0. The molecule has 0 aliphatic heterocycles. The normalized spacial score (nSPS) is 13.7. The molecule has 19 heavy (non-hydrogen) atoms. The number of aliphatic hydroxyl groups excluding tert-OH is 1. The van der Waals surface area contributed by atoms with Crippen LogP contribution >= 0.6 is 15.9 Å². The number of anilines is 1. The molecule has 1 aromatic carbocycles. The number of halogens is 4. The molecule has 0 heterocycles. The fourth-order valence-corrected chi connectivity index (χ4v) is 2.21. The van der Waals surface area contributed by atoms with Crippen LogP contribution in [-0.2, 0) is 6.18 Å². The molecule has 0 aliphatic carbocycles. The maximum Gasteiger partial charge on any atom is 0.416 e. The Morgan fingerprint density at radius 1 is 1.32 bits per heavy atom. The van der Waals surface area contributed by atoms with Gasteiger partial charge in [-0.05, 0) is 46.5 Å². The summed E-state index contributed by atoms with van der Waals surface area (Å²) in [6.07, 6.45) is -3.80. The Labute approximate surface area is 119 Å². The highest BCUT2D eigenvalue weighted by atomic mass is 79.9. The van der Waals surface area contributed by atoms with Crippen LogP contribution in [0.2, 0.25) is 0 Å². The highest BCUT2D eigenvalue weighted by Gasteiger charge is 2.31. The second-order valence-electron chi connectivity index (χ2n) is 4.70. The number of alkyl halides is 3. The summed E-state index contributed by atoms with van der Waals surface area (Å²) < 4.78 is 38.0. The van der Waals surface area contributed by atoms with Crippen LogP contribution in [0.1, 0.15) is 25.8 Å². The van der Waals surface area contributed by atoms with E-state index in [4.69, 9.17) is 5.11 Å². The molecule has 0 bridgehead atoms. The Hall–Kier alpha value is -0.750. The van der Waals surface area contributed by atoms with Crippen LogP contribution in [0.3, 0.4) is 0 Å². The van der Waals surface area contributed by atoms with E-state index in [1.807, 2.05) is 13.8 Å². The Bertz CT molecular complexity index is 421. The molecule has 1 atom stereocenters. The van der Waals surface area contributed by atoms with Crippen LogP contribution in [-0.4, -0.2) is 17.8 Å². The minimum Gasteiger partial charge on any atom is -0.396 e. The number of rotatable bonds is 5. The van der Waals surface area contributed by atoms with Crippen LogP contribution < -0.4 is 5.32 Å². The van der Waals surface area contributed by atoms with Crippen molar-refractivity contribution < 1.29 is 18.3 Å². The largest absolute Gasteiger partial charge is 0.416 e. The van der Waals surface area contributed by atoms with Crippen LogP contribution in [0, 0.1) is 5.92 Å². The fourth-order valence-electron chi connectivity index (χ4n) is 1.72. The van der Waals surface area contributed by atoms with Gasteiger partial charge in [0.15, 0.2) is 0 Å². The molecule has 6 heteroatoms. The maximum atomic E-state index is 12.5. The van der Waals surface area contributed by atoms with Gasteiger partial charge >= 0.3 is 6.18 Å². The Balaban J connectivity index is 2.90. The summed E-state index contributed by atoms with van der Waals surface area (Å²) in [7, 11) is 0. The molecular formula is C13H17BrF3NO. The lowest BCUT2D eigenvalue weighted by atomic mass is 10.0. The molecule has 1 aromatic rings. The third-order valence-electron chi connectivity index (χ3n) is 2.88. The van der Waals surface area contributed by atoms with E-state index in [2.05, 4.69) is 21.2 Å². The molecule has 2 nitrogen and oxygen atoms in total. The molecular weight excluding hydrogens is 323 g/mol. The molecule has 0 aliphatic rings. The van der Waals surface area contributed by atoms with Gasteiger partial charge in [0.05, 0.1) is 5.56 Å². The molecule has 0 fully saturated rings. The lowest BCUT2D eigenvalue weighted by Gasteiger charge is -2.23. The zero-order chi connectivity index (χ0) is 14.6. The number of benzene rings is 1. The molecule has 108 valence electrons. The predicted octanol–water partition coefficient (Wildman–Crippen LogP) is 4.29. The van der Waals surface area contributed by atoms with Gasteiger partial charge in [-0.25, -0.2) is 0 Å². The van der Waals surface area contributed by atoms with E-state index in [9.17, 15) is 13.2 Å². The van der Waals surface area contributed by atoms with Crippen LogP contribution in [0.4, 0.5) is 18.9 Å². The second kappa shape index (κ2) is 6.61. The maximum absolute atomic E-state index is 12.5. The zero-order valence-corrected chi connectivity index (χ0v) is 12.3. The minimum atomic E-state index is -4.34. The summed E-state index contributed by atoms with van der Waals surface area (Å²) >= 11 is 3.14. The molecule has 0 saturated heterocycles. The number of nitrogens with one attached hydrogen (secondary N) is 1. The minimum absolute atomic E-state index is 0.0121. The van der Waals surface area contributed by atoms with Crippen molar-refractivity contribution in [1.82, 2.24) is 0 Å². The molecule has 0 radical (unpaired) electrons. The summed E-state index contributed by atoms with van der Waals surface area (Å²) in [6, 6.07) is 3.51. The lowest BCUT2D eigenvalue weighted by Crippen LogP contribution is -2.27. The van der Waals surface area contributed by atoms with E-state index < -0.39 is 11.7 Å². The summed E-state index contributed by atoms with van der Waals surface area (Å²) in [5.74, 6) is 0.265. The Kier molecular flexibility index (Phi) is 5.67. The van der Waals surface area contributed by atoms with Gasteiger partial charge in [-0.15, -0.1) is 0 Å². The molecule has 0 amide bonds. The van der Waals surface area contributed by atoms with Crippen molar-refractivity contribution in [3.63, 3.8) is 0 Å². The molecule has 1 unspecified atom stereocenters. The fraction of sp³-hybridized carbons (Fsp3) is 0.538. The first-order valence-electron chi connectivity index (χ1n) is 6.00. The van der Waals surface area contributed by atoms with Gasteiger partial charge in [-0.2, -0.15) is 13.2 Å². The third-order valence-corrected chi connectivity index (χ3v) is 3.54. The van der Waals surface area contributed by atoms with Crippen molar-refractivity contribution in [3.8, 4) is 0 Å². The van der Waals surface area contributed by atoms with Gasteiger partial charge in [-0.1, -0.05) is 13.8 Å². The van der Waals surface area contributed by atoms with Crippen LogP contribution in [0.5, 0.6) is 0 Å². The van der Waals surface area contributed by atoms with Gasteiger partial charge < -0.3 is 10.4 Å². The van der Waals surface area contributed by atoms with E-state index in [-0.39, 0.29) is 18.6 Å². The Morgan fingerprint density at radius 2 is 1.95 bits per heavy atom. The van der Waals surface area contributed by atoms with Crippen LogP contribution in [0.25, 0.3) is 0 Å². The average molecular weight is 340 g/mol. The summed E-state index contributed by atoms with van der Waals surface area (Å²) in [5.41, 5.74) is -0.0895. The predicted molar refractivity (Wildman–Crippen MR) is 73.1 cm³/mol. The first-order chi connectivity index (χ1) is 8.75. The molecule has 0 spiro atoms. The highest BCUT2D eigenvalue weighted by Crippen LogP contribution is 2.34. The smallest absolute Gasteiger partial charge is 0.396 e. The Morgan fingerprint density at radius 3 is 2.37 bits per heavy atom. The van der Waals surface area contributed by atoms with Gasteiger partial charge in [0.2, 0.25) is 0 Å². The van der Waals surface area contributed by atoms with E-state index in [1.54, 1.807) is 0 Å². The third kappa shape index (κ3) is 4.69. The second-order valence-corrected chi connectivity index (χ2v) is 5.55. The number of hydrogen-bond acceptors (Lipinski definition) is 2. The van der Waals surface area contributed by atoms with Crippen molar-refractivity contribution in [3.05, 3.63) is 28.2 Å². The molecule has 2 N–H and O–H groups in total. The molecule has 1 rings (SSSR count). The number of hydrogen-bond donors (Lipinski definition) is 2. The van der Waals surface area contributed by atoms with E-state index in [0.29, 0.717) is 16.6 Å². The summed E-state index contributed by atoms with van der Waals surface area (Å²) in [6.45, 7) is 4.02. The molecule has 0 saturated carbocycles. The van der Waals surface area contributed by atoms with E-state index >= 15 is 0 Å². The quantitative estimate of drug-likeness (QED) is 0.838. The highest BCUT2D eigenvalue weighted by molar-refractivity contribution is 9.10. The monoisotopic (exact) mass is 339 g/mol. The van der Waals surface area contributed by atoms with Crippen molar-refractivity contribution in [1.29, 1.82) is 0 Å². The van der Waals surface area contributed by atoms with Crippen LogP contribution in [0.15, 0.2) is 22.7 Å². The first kappa shape index (κ1) is 16.3. The van der Waals surface area contributed by atoms with Gasteiger partial charge in [0.1, 0.15) is 0 Å². The standard InChI is InChI=1S/C13H17BrF3NO/c1-8(2)11(5-6-19)18-12-4-3-9(7-10(12)14)13(15,16)17/h3-4,7-8,11,18-19H,5-6H2,1-2H3.